The molecule has 0 aromatic heterocycles. The number of carbonyl (C=O) groups is 1. The minimum Gasteiger partial charge on any atom is -0.487 e. The Bertz CT molecular complexity index is 1080. The van der Waals surface area contributed by atoms with E-state index in [1.54, 1.807) is 0 Å². The largest absolute Gasteiger partial charge is 0.487 e. The SMILES string of the molecule is O=C1/C(=C/c2cc(I)c(OCc3ccccc3Cl)c(I)c2)Cc2ccccc21. The molecule has 0 radical (unpaired) electrons. The molecule has 140 valence electrons. The number of ether oxygens (including phenoxy) is 1. The molecule has 4 rings (SSSR count). The first-order valence-electron chi connectivity index (χ1n) is 8.71. The van der Waals surface area contributed by atoms with Crippen molar-refractivity contribution in [3.63, 3.8) is 0 Å². The molecule has 1 aliphatic rings. The smallest absolute Gasteiger partial charge is 0.189 e. The first-order valence-corrected chi connectivity index (χ1v) is 11.2. The summed E-state index contributed by atoms with van der Waals surface area (Å²) in [5.74, 6) is 0.962. The molecule has 0 heterocycles. The zero-order chi connectivity index (χ0) is 19.7. The van der Waals surface area contributed by atoms with Crippen molar-refractivity contribution in [1.29, 1.82) is 0 Å². The van der Waals surface area contributed by atoms with Gasteiger partial charge in [-0.2, -0.15) is 0 Å². The number of rotatable bonds is 4. The summed E-state index contributed by atoms with van der Waals surface area (Å²) >= 11 is 10.8. The van der Waals surface area contributed by atoms with E-state index in [1.807, 2.05) is 66.7 Å². The lowest BCUT2D eigenvalue weighted by molar-refractivity contribution is 0.104. The van der Waals surface area contributed by atoms with Gasteiger partial charge >= 0.3 is 0 Å². The van der Waals surface area contributed by atoms with Crippen molar-refractivity contribution in [1.82, 2.24) is 0 Å². The maximum Gasteiger partial charge on any atom is 0.189 e. The van der Waals surface area contributed by atoms with Crippen LogP contribution in [0.2, 0.25) is 5.02 Å². The molecule has 0 N–H and O–H groups in total. The number of fused-ring (bicyclic) bond motifs is 1. The summed E-state index contributed by atoms with van der Waals surface area (Å²) in [6.45, 7) is 0.417. The van der Waals surface area contributed by atoms with Crippen LogP contribution in [-0.2, 0) is 13.0 Å². The second-order valence-electron chi connectivity index (χ2n) is 6.53. The van der Waals surface area contributed by atoms with Gasteiger partial charge in [-0.05, 0) is 80.6 Å². The summed E-state index contributed by atoms with van der Waals surface area (Å²) in [4.78, 5) is 12.6. The van der Waals surface area contributed by atoms with Gasteiger partial charge in [0.05, 0.1) is 7.14 Å². The molecule has 0 fully saturated rings. The number of benzene rings is 3. The molecule has 0 saturated heterocycles. The van der Waals surface area contributed by atoms with Gasteiger partial charge in [0, 0.05) is 28.1 Å². The standard InChI is InChI=1S/C23H15ClI2O2/c24-19-8-4-2-6-16(19)13-28-23-20(25)10-14(11-21(23)26)9-17-12-15-5-1-3-7-18(15)22(17)27/h1-11H,12-13H2/b17-9+. The van der Waals surface area contributed by atoms with Crippen LogP contribution in [0.25, 0.3) is 6.08 Å². The van der Waals surface area contributed by atoms with E-state index < -0.39 is 0 Å². The van der Waals surface area contributed by atoms with Gasteiger partial charge in [0.25, 0.3) is 0 Å². The molecule has 3 aromatic carbocycles. The maximum atomic E-state index is 12.6. The minimum absolute atomic E-state index is 0.125. The number of halogens is 3. The summed E-state index contributed by atoms with van der Waals surface area (Å²) in [6, 6.07) is 19.6. The minimum atomic E-state index is 0.125. The predicted octanol–water partition coefficient (Wildman–Crippen LogP) is 6.95. The van der Waals surface area contributed by atoms with Crippen molar-refractivity contribution in [3.05, 3.63) is 101 Å². The van der Waals surface area contributed by atoms with Crippen LogP contribution in [0, 0.1) is 7.14 Å². The van der Waals surface area contributed by atoms with E-state index in [0.717, 1.165) is 40.7 Å². The fourth-order valence-electron chi connectivity index (χ4n) is 3.24. The second-order valence-corrected chi connectivity index (χ2v) is 9.26. The third kappa shape index (κ3) is 4.14. The third-order valence-corrected chi connectivity index (χ3v) is 6.60. The third-order valence-electron chi connectivity index (χ3n) is 4.63. The Labute approximate surface area is 196 Å². The van der Waals surface area contributed by atoms with Gasteiger partial charge in [0.15, 0.2) is 5.78 Å². The molecule has 28 heavy (non-hydrogen) atoms. The topological polar surface area (TPSA) is 26.3 Å². The highest BCUT2D eigenvalue weighted by atomic mass is 127. The Morgan fingerprint density at radius 1 is 1.00 bits per heavy atom. The van der Waals surface area contributed by atoms with E-state index >= 15 is 0 Å². The van der Waals surface area contributed by atoms with E-state index in [1.165, 1.54) is 0 Å². The quantitative estimate of drug-likeness (QED) is 0.236. The van der Waals surface area contributed by atoms with E-state index in [0.29, 0.717) is 18.1 Å². The molecule has 5 heteroatoms. The van der Waals surface area contributed by atoms with Crippen LogP contribution in [-0.4, -0.2) is 5.78 Å². The summed E-state index contributed by atoms with van der Waals surface area (Å²) in [5.41, 5.74) is 4.71. The Hall–Kier alpha value is -1.38. The van der Waals surface area contributed by atoms with Gasteiger partial charge in [-0.25, -0.2) is 0 Å². The number of Topliss-reactive ketones (excluding diaryl/α,β-unsaturated/α-hetero) is 1. The monoisotopic (exact) mass is 612 g/mol. The molecule has 0 unspecified atom stereocenters. The molecular weight excluding hydrogens is 598 g/mol. The van der Waals surface area contributed by atoms with Crippen LogP contribution in [0.15, 0.2) is 66.2 Å². The molecule has 0 saturated carbocycles. The number of hydrogen-bond donors (Lipinski definition) is 0. The Kier molecular flexibility index (Phi) is 6.08. The molecule has 0 aliphatic heterocycles. The van der Waals surface area contributed by atoms with Gasteiger partial charge in [-0.1, -0.05) is 54.1 Å². The average Bonchev–Trinajstić information content (AvgIpc) is 2.98. The van der Waals surface area contributed by atoms with Crippen molar-refractivity contribution in [2.75, 3.05) is 0 Å². The lowest BCUT2D eigenvalue weighted by atomic mass is 10.1. The molecule has 0 atom stereocenters. The van der Waals surface area contributed by atoms with Gasteiger partial charge in [0.1, 0.15) is 12.4 Å². The first-order chi connectivity index (χ1) is 13.5. The Morgan fingerprint density at radius 2 is 1.68 bits per heavy atom. The molecular formula is C23H15ClI2O2. The highest BCUT2D eigenvalue weighted by Crippen LogP contribution is 2.33. The van der Waals surface area contributed by atoms with Gasteiger partial charge in [-0.3, -0.25) is 4.79 Å². The second kappa shape index (κ2) is 8.55. The molecule has 0 amide bonds. The van der Waals surface area contributed by atoms with Gasteiger partial charge in [-0.15, -0.1) is 0 Å². The number of ketones is 1. The fourth-order valence-corrected chi connectivity index (χ4v) is 5.56. The summed E-state index contributed by atoms with van der Waals surface area (Å²) in [7, 11) is 0. The molecule has 2 nitrogen and oxygen atoms in total. The molecule has 3 aromatic rings. The van der Waals surface area contributed by atoms with Crippen molar-refractivity contribution in [3.8, 4) is 5.75 Å². The average molecular weight is 613 g/mol. The van der Waals surface area contributed by atoms with Crippen LogP contribution in [0.5, 0.6) is 5.75 Å². The number of allylic oxidation sites excluding steroid dienone is 1. The van der Waals surface area contributed by atoms with Gasteiger partial charge < -0.3 is 4.74 Å². The molecule has 0 bridgehead atoms. The number of carbonyl (C=O) groups excluding carboxylic acids is 1. The van der Waals surface area contributed by atoms with Crippen molar-refractivity contribution in [2.45, 2.75) is 13.0 Å². The number of hydrogen-bond acceptors (Lipinski definition) is 2. The van der Waals surface area contributed by atoms with Gasteiger partial charge in [0.2, 0.25) is 0 Å². The highest BCUT2D eigenvalue weighted by molar-refractivity contribution is 14.1. The fraction of sp³-hybridized carbons (Fsp3) is 0.0870. The van der Waals surface area contributed by atoms with Crippen molar-refractivity contribution < 1.29 is 9.53 Å². The summed E-state index contributed by atoms with van der Waals surface area (Å²) in [5, 5.41) is 0.702. The van der Waals surface area contributed by atoms with Crippen molar-refractivity contribution >= 4 is 68.6 Å². The van der Waals surface area contributed by atoms with Crippen LogP contribution in [0.1, 0.15) is 27.0 Å². The Morgan fingerprint density at radius 3 is 2.39 bits per heavy atom. The predicted molar refractivity (Wildman–Crippen MR) is 130 cm³/mol. The summed E-state index contributed by atoms with van der Waals surface area (Å²) < 4.78 is 8.06. The van der Waals surface area contributed by atoms with E-state index in [9.17, 15) is 4.79 Å². The van der Waals surface area contributed by atoms with Crippen LogP contribution < -0.4 is 4.74 Å². The van der Waals surface area contributed by atoms with Crippen LogP contribution in [0.3, 0.4) is 0 Å². The lowest BCUT2D eigenvalue weighted by Crippen LogP contribution is -2.00. The molecule has 1 aliphatic carbocycles. The highest BCUT2D eigenvalue weighted by Gasteiger charge is 2.24. The molecule has 0 spiro atoms. The first kappa shape index (κ1) is 19.9. The lowest BCUT2D eigenvalue weighted by Gasteiger charge is -2.12. The zero-order valence-corrected chi connectivity index (χ0v) is 19.8. The Balaban J connectivity index is 1.57. The van der Waals surface area contributed by atoms with Crippen molar-refractivity contribution in [2.24, 2.45) is 0 Å². The van der Waals surface area contributed by atoms with Crippen LogP contribution in [0.4, 0.5) is 0 Å². The van der Waals surface area contributed by atoms with Crippen LogP contribution >= 0.6 is 56.8 Å². The summed E-state index contributed by atoms with van der Waals surface area (Å²) in [6.07, 6.45) is 2.68. The van der Waals surface area contributed by atoms with E-state index in [4.69, 9.17) is 16.3 Å². The van der Waals surface area contributed by atoms with E-state index in [-0.39, 0.29) is 5.78 Å². The normalized spacial score (nSPS) is 14.4. The maximum absolute atomic E-state index is 12.6. The van der Waals surface area contributed by atoms with E-state index in [2.05, 4.69) is 45.2 Å². The zero-order valence-electron chi connectivity index (χ0n) is 14.7.